The molecule has 1 saturated heterocycles. The van der Waals surface area contributed by atoms with Gasteiger partial charge in [0.25, 0.3) is 11.7 Å². The molecular formula is C22H22N6O. The van der Waals surface area contributed by atoms with Crippen LogP contribution in [-0.4, -0.2) is 61.5 Å². The fourth-order valence-electron chi connectivity index (χ4n) is 3.92. The van der Waals surface area contributed by atoms with E-state index < -0.39 is 0 Å². The first-order valence-electron chi connectivity index (χ1n) is 9.86. The second-order valence-electron chi connectivity index (χ2n) is 7.44. The Labute approximate surface area is 168 Å². The van der Waals surface area contributed by atoms with Crippen molar-refractivity contribution in [2.24, 2.45) is 0 Å². The third-order valence-corrected chi connectivity index (χ3v) is 5.55. The van der Waals surface area contributed by atoms with E-state index >= 15 is 0 Å². The summed E-state index contributed by atoms with van der Waals surface area (Å²) in [7, 11) is 0. The zero-order valence-electron chi connectivity index (χ0n) is 16.3. The molecule has 2 aromatic carbocycles. The molecule has 1 aliphatic heterocycles. The van der Waals surface area contributed by atoms with Gasteiger partial charge >= 0.3 is 0 Å². The van der Waals surface area contributed by atoms with E-state index in [1.165, 1.54) is 16.3 Å². The molecule has 1 aliphatic rings. The number of carbonyl (C=O) groups is 1. The molecule has 1 fully saturated rings. The average molecular weight is 386 g/mol. The highest BCUT2D eigenvalue weighted by Gasteiger charge is 2.25. The van der Waals surface area contributed by atoms with E-state index in [0.29, 0.717) is 18.9 Å². The van der Waals surface area contributed by atoms with Gasteiger partial charge < -0.3 is 4.90 Å². The monoisotopic (exact) mass is 386 g/mol. The van der Waals surface area contributed by atoms with Crippen LogP contribution >= 0.6 is 0 Å². The van der Waals surface area contributed by atoms with Gasteiger partial charge in [-0.15, -0.1) is 5.10 Å². The van der Waals surface area contributed by atoms with Crippen molar-refractivity contribution in [3.05, 3.63) is 71.8 Å². The highest BCUT2D eigenvalue weighted by atomic mass is 16.2. The fourth-order valence-corrected chi connectivity index (χ4v) is 3.92. The second-order valence-corrected chi connectivity index (χ2v) is 7.44. The van der Waals surface area contributed by atoms with Gasteiger partial charge in [-0.05, 0) is 29.3 Å². The molecule has 4 aromatic rings. The lowest BCUT2D eigenvalue weighted by molar-refractivity contribution is 0.0617. The molecule has 0 saturated carbocycles. The van der Waals surface area contributed by atoms with Crippen LogP contribution in [-0.2, 0) is 6.54 Å². The summed E-state index contributed by atoms with van der Waals surface area (Å²) in [5, 5.41) is 6.91. The Bertz CT molecular complexity index is 1190. The standard InChI is InChI=1S/C22H22N6O/c1-16-9-10-23-22-24-20(25-28(16)22)21(29)27-13-11-26(12-14-27)15-18-7-4-6-17-5-2-3-8-19(17)18/h2-10H,11-15H2,1H3. The van der Waals surface area contributed by atoms with Crippen LogP contribution in [0.15, 0.2) is 54.7 Å². The van der Waals surface area contributed by atoms with E-state index in [1.807, 2.05) is 17.9 Å². The van der Waals surface area contributed by atoms with Crippen LogP contribution < -0.4 is 0 Å². The summed E-state index contributed by atoms with van der Waals surface area (Å²) in [6, 6.07) is 16.8. The van der Waals surface area contributed by atoms with Crippen LogP contribution in [0.4, 0.5) is 0 Å². The molecular weight excluding hydrogens is 364 g/mol. The third-order valence-electron chi connectivity index (χ3n) is 5.55. The Hall–Kier alpha value is -3.32. The van der Waals surface area contributed by atoms with E-state index in [9.17, 15) is 4.79 Å². The summed E-state index contributed by atoms with van der Waals surface area (Å²) >= 11 is 0. The van der Waals surface area contributed by atoms with Crippen molar-refractivity contribution in [3.8, 4) is 0 Å². The van der Waals surface area contributed by atoms with Crippen LogP contribution in [0.2, 0.25) is 0 Å². The van der Waals surface area contributed by atoms with Crippen molar-refractivity contribution < 1.29 is 4.79 Å². The molecule has 29 heavy (non-hydrogen) atoms. The maximum atomic E-state index is 12.9. The molecule has 0 radical (unpaired) electrons. The lowest BCUT2D eigenvalue weighted by Crippen LogP contribution is -2.48. The summed E-state index contributed by atoms with van der Waals surface area (Å²) in [5.41, 5.74) is 2.23. The minimum Gasteiger partial charge on any atom is -0.333 e. The van der Waals surface area contributed by atoms with Gasteiger partial charge in [-0.1, -0.05) is 42.5 Å². The Morgan fingerprint density at radius 3 is 2.62 bits per heavy atom. The van der Waals surface area contributed by atoms with Crippen LogP contribution in [0.25, 0.3) is 16.6 Å². The average Bonchev–Trinajstić information content (AvgIpc) is 3.20. The first kappa shape index (κ1) is 17.8. The number of aryl methyl sites for hydroxylation is 1. The normalized spacial score (nSPS) is 15.3. The minimum atomic E-state index is -0.125. The van der Waals surface area contributed by atoms with Crippen molar-refractivity contribution in [3.63, 3.8) is 0 Å². The molecule has 0 atom stereocenters. The van der Waals surface area contributed by atoms with Crippen LogP contribution in [0.3, 0.4) is 0 Å². The van der Waals surface area contributed by atoms with Crippen molar-refractivity contribution in [1.29, 1.82) is 0 Å². The molecule has 3 heterocycles. The van der Waals surface area contributed by atoms with E-state index in [-0.39, 0.29) is 11.7 Å². The number of fused-ring (bicyclic) bond motifs is 2. The predicted octanol–water partition coefficient (Wildman–Crippen LogP) is 2.54. The highest BCUT2D eigenvalue weighted by molar-refractivity contribution is 5.91. The number of rotatable bonds is 3. The minimum absolute atomic E-state index is 0.125. The smallest absolute Gasteiger partial charge is 0.293 e. The number of benzene rings is 2. The fraction of sp³-hybridized carbons (Fsp3) is 0.273. The lowest BCUT2D eigenvalue weighted by Gasteiger charge is -2.34. The number of carbonyl (C=O) groups excluding carboxylic acids is 1. The molecule has 0 aliphatic carbocycles. The molecule has 2 aromatic heterocycles. The largest absolute Gasteiger partial charge is 0.333 e. The molecule has 7 heteroatoms. The molecule has 0 spiro atoms. The van der Waals surface area contributed by atoms with Gasteiger partial charge in [0.15, 0.2) is 0 Å². The van der Waals surface area contributed by atoms with Crippen molar-refractivity contribution in [2.75, 3.05) is 26.2 Å². The Balaban J connectivity index is 1.27. The van der Waals surface area contributed by atoms with Gasteiger partial charge in [0, 0.05) is 44.6 Å². The number of hydrogen-bond donors (Lipinski definition) is 0. The topological polar surface area (TPSA) is 66.6 Å². The molecule has 146 valence electrons. The SMILES string of the molecule is Cc1ccnc2nc(C(=O)N3CCN(Cc4cccc5ccccc45)CC3)nn12. The Kier molecular flexibility index (Phi) is 4.44. The van der Waals surface area contributed by atoms with Crippen LogP contribution in [0, 0.1) is 6.92 Å². The molecule has 0 bridgehead atoms. The van der Waals surface area contributed by atoms with Gasteiger partial charge in [-0.2, -0.15) is 4.98 Å². The van der Waals surface area contributed by atoms with Gasteiger partial charge in [0.1, 0.15) is 0 Å². The number of piperazine rings is 1. The first-order chi connectivity index (χ1) is 14.2. The summed E-state index contributed by atoms with van der Waals surface area (Å²) in [6.07, 6.45) is 1.68. The predicted molar refractivity (Wildman–Crippen MR) is 111 cm³/mol. The van der Waals surface area contributed by atoms with E-state index in [4.69, 9.17) is 0 Å². The summed E-state index contributed by atoms with van der Waals surface area (Å²) in [4.78, 5) is 25.6. The van der Waals surface area contributed by atoms with Gasteiger partial charge in [-0.25, -0.2) is 9.50 Å². The highest BCUT2D eigenvalue weighted by Crippen LogP contribution is 2.20. The summed E-state index contributed by atoms with van der Waals surface area (Å²) < 4.78 is 1.62. The second kappa shape index (κ2) is 7.25. The molecule has 1 amide bonds. The zero-order chi connectivity index (χ0) is 19.8. The van der Waals surface area contributed by atoms with E-state index in [0.717, 1.165) is 25.3 Å². The molecule has 0 N–H and O–H groups in total. The van der Waals surface area contributed by atoms with Crippen molar-refractivity contribution in [2.45, 2.75) is 13.5 Å². The third kappa shape index (κ3) is 3.34. The summed E-state index contributed by atoms with van der Waals surface area (Å²) in [6.45, 7) is 5.82. The van der Waals surface area contributed by atoms with E-state index in [1.54, 1.807) is 10.7 Å². The summed E-state index contributed by atoms with van der Waals surface area (Å²) in [5.74, 6) is 0.553. The zero-order valence-corrected chi connectivity index (χ0v) is 16.3. The number of aromatic nitrogens is 4. The molecule has 7 nitrogen and oxygen atoms in total. The Morgan fingerprint density at radius 1 is 1.00 bits per heavy atom. The van der Waals surface area contributed by atoms with Crippen molar-refractivity contribution >= 4 is 22.5 Å². The molecule has 0 unspecified atom stereocenters. The maximum Gasteiger partial charge on any atom is 0.293 e. The van der Waals surface area contributed by atoms with E-state index in [2.05, 4.69) is 62.4 Å². The van der Waals surface area contributed by atoms with Gasteiger partial charge in [-0.3, -0.25) is 9.69 Å². The molecule has 5 rings (SSSR count). The number of hydrogen-bond acceptors (Lipinski definition) is 5. The lowest BCUT2D eigenvalue weighted by atomic mass is 10.0. The van der Waals surface area contributed by atoms with Gasteiger partial charge in [0.05, 0.1) is 0 Å². The van der Waals surface area contributed by atoms with Crippen LogP contribution in [0.1, 0.15) is 21.9 Å². The number of amides is 1. The first-order valence-corrected chi connectivity index (χ1v) is 9.86. The quantitative estimate of drug-likeness (QED) is 0.541. The number of nitrogens with zero attached hydrogens (tertiary/aromatic N) is 6. The van der Waals surface area contributed by atoms with Crippen molar-refractivity contribution in [1.82, 2.24) is 29.4 Å². The van der Waals surface area contributed by atoms with Gasteiger partial charge in [0.2, 0.25) is 5.82 Å². The Morgan fingerprint density at radius 2 is 1.79 bits per heavy atom. The van der Waals surface area contributed by atoms with Crippen LogP contribution in [0.5, 0.6) is 0 Å². The maximum absolute atomic E-state index is 12.9.